The van der Waals surface area contributed by atoms with Gasteiger partial charge in [0.2, 0.25) is 11.8 Å². The van der Waals surface area contributed by atoms with Gasteiger partial charge in [-0.25, -0.2) is 4.90 Å². The van der Waals surface area contributed by atoms with Gasteiger partial charge in [-0.1, -0.05) is 41.4 Å². The van der Waals surface area contributed by atoms with Gasteiger partial charge in [-0.2, -0.15) is 0 Å². The first-order chi connectivity index (χ1) is 18.1. The summed E-state index contributed by atoms with van der Waals surface area (Å²) < 4.78 is 0. The predicted octanol–water partition coefficient (Wildman–Crippen LogP) is 5.30. The van der Waals surface area contributed by atoms with Gasteiger partial charge in [0.15, 0.2) is 11.6 Å². The van der Waals surface area contributed by atoms with Crippen LogP contribution in [0.2, 0.25) is 5.02 Å². The number of nitrogens with zero attached hydrogens (tertiary/aromatic N) is 1. The third kappa shape index (κ3) is 3.47. The van der Waals surface area contributed by atoms with Crippen LogP contribution in [0.25, 0.3) is 0 Å². The van der Waals surface area contributed by atoms with Crippen LogP contribution in [0.15, 0.2) is 70.8 Å². The summed E-state index contributed by atoms with van der Waals surface area (Å²) >= 11 is 6.32. The van der Waals surface area contributed by atoms with Crippen LogP contribution in [0.3, 0.4) is 0 Å². The Bertz CT molecular complexity index is 1580. The Morgan fingerprint density at radius 2 is 1.68 bits per heavy atom. The Balaban J connectivity index is 1.49. The monoisotopic (exact) mass is 527 g/mol. The molecule has 6 rings (SSSR count). The molecule has 0 radical (unpaired) electrons. The number of rotatable bonds is 2. The van der Waals surface area contributed by atoms with Crippen LogP contribution in [0.1, 0.15) is 42.4 Å². The van der Waals surface area contributed by atoms with Crippen LogP contribution < -0.4 is 4.90 Å². The van der Waals surface area contributed by atoms with E-state index in [9.17, 15) is 24.3 Å². The second-order valence-electron chi connectivity index (χ2n) is 10.7. The van der Waals surface area contributed by atoms with E-state index in [1.54, 1.807) is 44.2 Å². The van der Waals surface area contributed by atoms with E-state index in [0.717, 1.165) is 16.7 Å². The van der Waals surface area contributed by atoms with Crippen molar-refractivity contribution >= 4 is 40.7 Å². The molecular formula is C31H26ClNO5. The number of fused-ring (bicyclic) bond motifs is 3. The quantitative estimate of drug-likeness (QED) is 0.325. The molecule has 0 bridgehead atoms. The van der Waals surface area contributed by atoms with Crippen LogP contribution in [0, 0.1) is 31.6 Å². The number of benzene rings is 2. The Morgan fingerprint density at radius 1 is 0.921 bits per heavy atom. The van der Waals surface area contributed by atoms with Gasteiger partial charge >= 0.3 is 0 Å². The van der Waals surface area contributed by atoms with Gasteiger partial charge in [0.1, 0.15) is 5.75 Å². The molecule has 2 aromatic carbocycles. The number of halogens is 1. The fraction of sp³-hybridized carbons (Fsp3) is 0.290. The summed E-state index contributed by atoms with van der Waals surface area (Å²) in [5.41, 5.74) is 4.84. The number of allylic oxidation sites excluding steroid dienone is 6. The van der Waals surface area contributed by atoms with Gasteiger partial charge in [-0.15, -0.1) is 0 Å². The number of ketones is 2. The number of aryl methyl sites for hydroxylation is 2. The molecule has 1 saturated heterocycles. The van der Waals surface area contributed by atoms with Crippen LogP contribution >= 0.6 is 11.6 Å². The third-order valence-corrected chi connectivity index (χ3v) is 8.94. The number of imide groups is 1. The number of carbonyl (C=O) groups excluding carboxylic acids is 4. The van der Waals surface area contributed by atoms with E-state index in [1.165, 1.54) is 11.0 Å². The lowest BCUT2D eigenvalue weighted by molar-refractivity contribution is -0.123. The number of aromatic hydroxyl groups is 1. The molecule has 0 spiro atoms. The van der Waals surface area contributed by atoms with Crippen LogP contribution in [-0.4, -0.2) is 28.5 Å². The Hall–Kier alpha value is -3.77. The highest BCUT2D eigenvalue weighted by Gasteiger charge is 2.56. The highest BCUT2D eigenvalue weighted by molar-refractivity contribution is 6.32. The Labute approximate surface area is 225 Å². The van der Waals surface area contributed by atoms with E-state index >= 15 is 0 Å². The fourth-order valence-electron chi connectivity index (χ4n) is 6.57. The lowest BCUT2D eigenvalue weighted by Crippen LogP contribution is -2.39. The number of phenols is 1. The van der Waals surface area contributed by atoms with Crippen LogP contribution in [0.5, 0.6) is 5.75 Å². The Kier molecular flexibility index (Phi) is 5.58. The second-order valence-corrected chi connectivity index (χ2v) is 11.1. The summed E-state index contributed by atoms with van der Waals surface area (Å²) in [6, 6.07) is 10.3. The van der Waals surface area contributed by atoms with E-state index in [0.29, 0.717) is 39.4 Å². The molecule has 1 heterocycles. The van der Waals surface area contributed by atoms with Crippen molar-refractivity contribution in [2.75, 3.05) is 4.90 Å². The molecule has 1 N–H and O–H groups in total. The lowest BCUT2D eigenvalue weighted by Gasteiger charge is -2.42. The minimum Gasteiger partial charge on any atom is -0.508 e. The van der Waals surface area contributed by atoms with Gasteiger partial charge in [0.05, 0.1) is 17.5 Å². The normalized spacial score (nSPS) is 26.7. The van der Waals surface area contributed by atoms with Crippen molar-refractivity contribution < 1.29 is 24.3 Å². The minimum absolute atomic E-state index is 0.138. The van der Waals surface area contributed by atoms with Crippen molar-refractivity contribution in [1.82, 2.24) is 0 Å². The average Bonchev–Trinajstić information content (AvgIpc) is 3.14. The van der Waals surface area contributed by atoms with Crippen molar-refractivity contribution in [1.29, 1.82) is 0 Å². The van der Waals surface area contributed by atoms with Crippen molar-refractivity contribution in [3.05, 3.63) is 92.6 Å². The minimum atomic E-state index is -0.646. The summed E-state index contributed by atoms with van der Waals surface area (Å²) in [7, 11) is 0. The van der Waals surface area contributed by atoms with Crippen molar-refractivity contribution in [3.63, 3.8) is 0 Å². The standard InChI is InChI=1S/C31H26ClNO5/c1-14-4-6-18(12-23(14)32)33-30(37)20-8-7-19-21(27(20)31(33)38)13-22-25(35)11-16(3)29(36)28(22)26(19)17-5-9-24(34)15(2)10-17/h4-7,9-12,20-21,26-27,34H,8,13H2,1-3H3. The van der Waals surface area contributed by atoms with E-state index in [1.807, 2.05) is 19.1 Å². The topological polar surface area (TPSA) is 91.8 Å². The molecule has 1 fully saturated rings. The van der Waals surface area contributed by atoms with Gasteiger partial charge < -0.3 is 5.11 Å². The molecule has 38 heavy (non-hydrogen) atoms. The molecule has 4 aliphatic rings. The largest absolute Gasteiger partial charge is 0.508 e. The number of carbonyl (C=O) groups is 4. The van der Waals surface area contributed by atoms with Crippen molar-refractivity contribution in [3.8, 4) is 5.75 Å². The maximum atomic E-state index is 13.9. The fourth-order valence-corrected chi connectivity index (χ4v) is 6.75. The number of Topliss-reactive ketones (excluding diaryl/α,β-unsaturated/α-hetero) is 1. The lowest BCUT2D eigenvalue weighted by atomic mass is 9.59. The predicted molar refractivity (Wildman–Crippen MR) is 143 cm³/mol. The van der Waals surface area contributed by atoms with Gasteiger partial charge in [0, 0.05) is 27.7 Å². The summed E-state index contributed by atoms with van der Waals surface area (Å²) in [6.07, 6.45) is 3.96. The number of hydrogen-bond donors (Lipinski definition) is 1. The number of anilines is 1. The van der Waals surface area contributed by atoms with Crippen molar-refractivity contribution in [2.24, 2.45) is 17.8 Å². The van der Waals surface area contributed by atoms with E-state index in [2.05, 4.69) is 0 Å². The molecule has 1 aliphatic heterocycles. The number of amides is 2. The average molecular weight is 528 g/mol. The van der Waals surface area contributed by atoms with Gasteiger partial charge in [-0.3, -0.25) is 19.2 Å². The molecule has 0 saturated carbocycles. The van der Waals surface area contributed by atoms with Gasteiger partial charge in [-0.05, 0) is 80.5 Å². The molecule has 6 nitrogen and oxygen atoms in total. The summed E-state index contributed by atoms with van der Waals surface area (Å²) in [6.45, 7) is 5.28. The van der Waals surface area contributed by atoms with Crippen LogP contribution in [-0.2, 0) is 19.2 Å². The molecule has 7 heteroatoms. The highest BCUT2D eigenvalue weighted by atomic mass is 35.5. The molecule has 0 aromatic heterocycles. The summed E-state index contributed by atoms with van der Waals surface area (Å²) in [5, 5.41) is 10.6. The first-order valence-electron chi connectivity index (χ1n) is 12.7. The molecule has 4 atom stereocenters. The maximum absolute atomic E-state index is 13.9. The first kappa shape index (κ1) is 24.6. The van der Waals surface area contributed by atoms with Crippen LogP contribution in [0.4, 0.5) is 5.69 Å². The second kappa shape index (κ2) is 8.63. The molecule has 192 valence electrons. The number of hydrogen-bond acceptors (Lipinski definition) is 5. The summed E-state index contributed by atoms with van der Waals surface area (Å²) in [4.78, 5) is 55.4. The molecule has 3 aliphatic carbocycles. The molecule has 2 amide bonds. The van der Waals surface area contributed by atoms with Crippen molar-refractivity contribution in [2.45, 2.75) is 39.5 Å². The zero-order valence-electron chi connectivity index (χ0n) is 21.2. The van der Waals surface area contributed by atoms with E-state index in [4.69, 9.17) is 11.6 Å². The smallest absolute Gasteiger partial charge is 0.238 e. The van der Waals surface area contributed by atoms with Gasteiger partial charge in [0.25, 0.3) is 0 Å². The molecule has 2 aromatic rings. The maximum Gasteiger partial charge on any atom is 0.238 e. The molecule has 4 unspecified atom stereocenters. The first-order valence-corrected chi connectivity index (χ1v) is 13.1. The molecular weight excluding hydrogens is 502 g/mol. The number of phenolic OH excluding ortho intramolecular Hbond substituents is 1. The Morgan fingerprint density at radius 3 is 2.39 bits per heavy atom. The highest BCUT2D eigenvalue weighted by Crippen LogP contribution is 2.55. The summed E-state index contributed by atoms with van der Waals surface area (Å²) in [5.74, 6) is -2.97. The zero-order chi connectivity index (χ0) is 27.0. The SMILES string of the molecule is CC1=CC(=O)C2=C(C1=O)C(c1ccc(O)c(C)c1)C1=CCC3C(=O)N(c4ccc(C)c(Cl)c4)C(=O)C3C1C2. The van der Waals surface area contributed by atoms with E-state index < -0.39 is 23.7 Å². The van der Waals surface area contributed by atoms with E-state index in [-0.39, 0.29) is 35.6 Å². The zero-order valence-corrected chi connectivity index (χ0v) is 22.0. The third-order valence-electron chi connectivity index (χ3n) is 8.53.